The summed E-state index contributed by atoms with van der Waals surface area (Å²) in [5.41, 5.74) is 0.625. The predicted octanol–water partition coefficient (Wildman–Crippen LogP) is 1.24. The largest absolute Gasteiger partial charge is 0.344 e. The molecule has 2 aliphatic rings. The molecule has 2 amide bonds. The summed E-state index contributed by atoms with van der Waals surface area (Å²) >= 11 is 0.892. The number of carbonyl (C=O) groups excluding carboxylic acids is 2. The number of rotatable bonds is 4. The molecule has 0 spiro atoms. The fourth-order valence-electron chi connectivity index (χ4n) is 2.71. The van der Waals surface area contributed by atoms with Gasteiger partial charge in [0.05, 0.1) is 10.6 Å². The van der Waals surface area contributed by atoms with E-state index in [-0.39, 0.29) is 11.1 Å². The monoisotopic (exact) mass is 333 g/mol. The predicted molar refractivity (Wildman–Crippen MR) is 90.0 cm³/mol. The normalized spacial score (nSPS) is 20.8. The molecule has 1 aromatic rings. The van der Waals surface area contributed by atoms with Crippen LogP contribution in [0.2, 0.25) is 0 Å². The molecule has 0 unspecified atom stereocenters. The third-order valence-corrected chi connectivity index (χ3v) is 4.73. The SMILES string of the molecule is CN(CC1CCNCC1)c1nccc(C=C2SC(=O)NC2=O)n1. The zero-order valence-electron chi connectivity index (χ0n) is 12.9. The molecule has 0 saturated carbocycles. The first-order valence-electron chi connectivity index (χ1n) is 7.61. The number of piperidine rings is 1. The first-order chi connectivity index (χ1) is 11.1. The van der Waals surface area contributed by atoms with Crippen molar-refractivity contribution in [2.45, 2.75) is 12.8 Å². The molecule has 3 heterocycles. The fourth-order valence-corrected chi connectivity index (χ4v) is 3.38. The van der Waals surface area contributed by atoms with Crippen molar-refractivity contribution in [3.63, 3.8) is 0 Å². The van der Waals surface area contributed by atoms with Gasteiger partial charge < -0.3 is 10.2 Å². The molecule has 122 valence electrons. The van der Waals surface area contributed by atoms with Gasteiger partial charge in [0.15, 0.2) is 0 Å². The molecule has 8 heteroatoms. The van der Waals surface area contributed by atoms with Gasteiger partial charge in [-0.1, -0.05) is 0 Å². The average Bonchev–Trinajstić information content (AvgIpc) is 2.86. The molecule has 7 nitrogen and oxygen atoms in total. The third kappa shape index (κ3) is 4.08. The van der Waals surface area contributed by atoms with Gasteiger partial charge in [-0.05, 0) is 55.8 Å². The van der Waals surface area contributed by atoms with E-state index in [1.807, 2.05) is 11.9 Å². The van der Waals surface area contributed by atoms with E-state index in [2.05, 4.69) is 20.6 Å². The highest BCUT2D eigenvalue weighted by Gasteiger charge is 2.25. The van der Waals surface area contributed by atoms with E-state index in [1.54, 1.807) is 18.3 Å². The number of nitrogens with zero attached hydrogens (tertiary/aromatic N) is 3. The van der Waals surface area contributed by atoms with Crippen LogP contribution >= 0.6 is 11.8 Å². The minimum atomic E-state index is -0.372. The van der Waals surface area contributed by atoms with E-state index in [9.17, 15) is 9.59 Å². The standard InChI is InChI=1S/C15H19N5O2S/c1-20(9-10-2-5-16-6-3-10)14-17-7-4-11(18-14)8-12-13(21)19-15(22)23-12/h4,7-8,10,16H,2-3,5-6,9H2,1H3,(H,19,21,22). The molecule has 3 rings (SSSR count). The van der Waals surface area contributed by atoms with Crippen LogP contribution in [0.1, 0.15) is 18.5 Å². The van der Waals surface area contributed by atoms with Crippen molar-refractivity contribution >= 4 is 34.9 Å². The lowest BCUT2D eigenvalue weighted by molar-refractivity contribution is -0.115. The van der Waals surface area contributed by atoms with E-state index in [0.29, 0.717) is 22.5 Å². The lowest BCUT2D eigenvalue weighted by Crippen LogP contribution is -2.35. The zero-order valence-corrected chi connectivity index (χ0v) is 13.7. The van der Waals surface area contributed by atoms with Crippen LogP contribution < -0.4 is 15.5 Å². The maximum absolute atomic E-state index is 11.6. The highest BCUT2D eigenvalue weighted by Crippen LogP contribution is 2.25. The van der Waals surface area contributed by atoms with Crippen LogP contribution in [0, 0.1) is 5.92 Å². The van der Waals surface area contributed by atoms with Crippen LogP contribution in [0.5, 0.6) is 0 Å². The number of carbonyl (C=O) groups is 2. The first-order valence-corrected chi connectivity index (χ1v) is 8.43. The molecular formula is C15H19N5O2S. The van der Waals surface area contributed by atoms with Gasteiger partial charge in [0.25, 0.3) is 11.1 Å². The second kappa shape index (κ2) is 7.10. The van der Waals surface area contributed by atoms with E-state index in [1.165, 1.54) is 0 Å². The number of imide groups is 1. The molecule has 23 heavy (non-hydrogen) atoms. The zero-order chi connectivity index (χ0) is 16.2. The summed E-state index contributed by atoms with van der Waals surface area (Å²) in [6.07, 6.45) is 5.61. The van der Waals surface area contributed by atoms with E-state index < -0.39 is 0 Å². The second-order valence-electron chi connectivity index (χ2n) is 5.71. The first kappa shape index (κ1) is 15.9. The van der Waals surface area contributed by atoms with Gasteiger partial charge in [0.1, 0.15) is 0 Å². The van der Waals surface area contributed by atoms with Gasteiger partial charge in [0.2, 0.25) is 5.95 Å². The van der Waals surface area contributed by atoms with E-state index in [4.69, 9.17) is 0 Å². The Morgan fingerprint density at radius 1 is 1.39 bits per heavy atom. The minimum absolute atomic E-state index is 0.349. The molecule has 0 aromatic carbocycles. The van der Waals surface area contributed by atoms with Gasteiger partial charge in [-0.15, -0.1) is 0 Å². The Balaban J connectivity index is 1.70. The molecule has 2 aliphatic heterocycles. The number of hydrogen-bond donors (Lipinski definition) is 2. The van der Waals surface area contributed by atoms with Crippen LogP contribution in [0.4, 0.5) is 10.7 Å². The highest BCUT2D eigenvalue weighted by atomic mass is 32.2. The van der Waals surface area contributed by atoms with E-state index in [0.717, 1.165) is 44.2 Å². The summed E-state index contributed by atoms with van der Waals surface area (Å²) in [5, 5.41) is 5.25. The molecule has 0 radical (unpaired) electrons. The van der Waals surface area contributed by atoms with Gasteiger partial charge in [-0.3, -0.25) is 14.9 Å². The summed E-state index contributed by atoms with van der Waals surface area (Å²) in [7, 11) is 1.98. The van der Waals surface area contributed by atoms with Crippen LogP contribution in [-0.4, -0.2) is 47.8 Å². The van der Waals surface area contributed by atoms with Crippen LogP contribution in [0.15, 0.2) is 17.2 Å². The van der Waals surface area contributed by atoms with Crippen molar-refractivity contribution in [2.75, 3.05) is 31.6 Å². The fraction of sp³-hybridized carbons (Fsp3) is 0.467. The molecule has 0 aliphatic carbocycles. The van der Waals surface area contributed by atoms with Gasteiger partial charge >= 0.3 is 0 Å². The third-order valence-electron chi connectivity index (χ3n) is 3.92. The van der Waals surface area contributed by atoms with Crippen molar-refractivity contribution in [3.05, 3.63) is 22.9 Å². The summed E-state index contributed by atoms with van der Waals surface area (Å²) in [6.45, 7) is 3.03. The molecule has 2 fully saturated rings. The van der Waals surface area contributed by atoms with Gasteiger partial charge in [0, 0.05) is 19.8 Å². The van der Waals surface area contributed by atoms with Crippen molar-refractivity contribution in [2.24, 2.45) is 5.92 Å². The number of anilines is 1. The van der Waals surface area contributed by atoms with Crippen molar-refractivity contribution < 1.29 is 9.59 Å². The van der Waals surface area contributed by atoms with Crippen molar-refractivity contribution in [3.8, 4) is 0 Å². The second-order valence-corrected chi connectivity index (χ2v) is 6.72. The summed E-state index contributed by atoms with van der Waals surface area (Å²) in [6, 6.07) is 1.73. The Bertz CT molecular complexity index is 643. The molecule has 2 N–H and O–H groups in total. The summed E-state index contributed by atoms with van der Waals surface area (Å²) in [5.74, 6) is 0.900. The smallest absolute Gasteiger partial charge is 0.290 e. The van der Waals surface area contributed by atoms with Crippen LogP contribution in [0.3, 0.4) is 0 Å². The number of aromatic nitrogens is 2. The quantitative estimate of drug-likeness (QED) is 0.802. The Labute approximate surface area is 138 Å². The maximum atomic E-state index is 11.6. The number of nitrogens with one attached hydrogen (secondary N) is 2. The lowest BCUT2D eigenvalue weighted by Gasteiger charge is -2.27. The lowest BCUT2D eigenvalue weighted by atomic mass is 9.98. The number of amides is 2. The average molecular weight is 333 g/mol. The maximum Gasteiger partial charge on any atom is 0.290 e. The van der Waals surface area contributed by atoms with E-state index >= 15 is 0 Å². The number of hydrogen-bond acceptors (Lipinski definition) is 7. The van der Waals surface area contributed by atoms with Crippen LogP contribution in [0.25, 0.3) is 6.08 Å². The Morgan fingerprint density at radius 2 is 2.17 bits per heavy atom. The molecule has 2 saturated heterocycles. The molecule has 0 atom stereocenters. The summed E-state index contributed by atoms with van der Waals surface area (Å²) in [4.78, 5) is 34.0. The van der Waals surface area contributed by atoms with Crippen molar-refractivity contribution in [1.29, 1.82) is 0 Å². The Kier molecular flexibility index (Phi) is 4.92. The van der Waals surface area contributed by atoms with Gasteiger partial charge in [-0.2, -0.15) is 0 Å². The molecule has 0 bridgehead atoms. The molecular weight excluding hydrogens is 314 g/mol. The highest BCUT2D eigenvalue weighted by molar-refractivity contribution is 8.18. The molecule has 1 aromatic heterocycles. The Morgan fingerprint density at radius 3 is 2.87 bits per heavy atom. The topological polar surface area (TPSA) is 87.2 Å². The number of thioether (sulfide) groups is 1. The summed E-state index contributed by atoms with van der Waals surface area (Å²) < 4.78 is 0. The minimum Gasteiger partial charge on any atom is -0.344 e. The van der Waals surface area contributed by atoms with Gasteiger partial charge in [-0.25, -0.2) is 9.97 Å². The van der Waals surface area contributed by atoms with Crippen LogP contribution in [-0.2, 0) is 4.79 Å². The Hall–Kier alpha value is -1.93. The van der Waals surface area contributed by atoms with Crippen molar-refractivity contribution in [1.82, 2.24) is 20.6 Å².